The number of amides is 2. The van der Waals surface area contributed by atoms with Gasteiger partial charge in [-0.25, -0.2) is 0 Å². The van der Waals surface area contributed by atoms with E-state index in [0.29, 0.717) is 28.0 Å². The van der Waals surface area contributed by atoms with Gasteiger partial charge in [-0.1, -0.05) is 71.2 Å². The third-order valence-corrected chi connectivity index (χ3v) is 9.88. The molecule has 0 saturated carbocycles. The Labute approximate surface area is 253 Å². The fourth-order valence-corrected chi connectivity index (χ4v) is 7.53. The summed E-state index contributed by atoms with van der Waals surface area (Å²) in [5.41, 5.74) is 4.97. The molecule has 0 aliphatic carbocycles. The standard InChI is InChI=1S/C32H29Cl3N4O2/c33-20-10-8-19(9-11-20)31-30-23(22-4-1-2-7-27(22)36-30)16-28-32(41)38(18-29(40)39(28)31)21-12-14-37(15-13-21)17-24-25(34)5-3-6-26(24)35/h1-11,21,28,31,36H,12-18H2/t28-,31+/m0/s1. The minimum Gasteiger partial charge on any atom is -0.356 e. The Bertz CT molecular complexity index is 1620. The van der Waals surface area contributed by atoms with Crippen LogP contribution in [0.15, 0.2) is 66.7 Å². The van der Waals surface area contributed by atoms with Crippen LogP contribution >= 0.6 is 34.8 Å². The lowest BCUT2D eigenvalue weighted by atomic mass is 9.85. The van der Waals surface area contributed by atoms with Crippen molar-refractivity contribution in [2.24, 2.45) is 0 Å². The number of para-hydroxylation sites is 1. The summed E-state index contributed by atoms with van der Waals surface area (Å²) in [5.74, 6) is 0.0104. The van der Waals surface area contributed by atoms with Crippen LogP contribution in [0.4, 0.5) is 0 Å². The molecule has 4 heterocycles. The van der Waals surface area contributed by atoms with E-state index in [9.17, 15) is 9.59 Å². The average Bonchev–Trinajstić information content (AvgIpc) is 3.35. The number of carbonyl (C=O) groups is 2. The van der Waals surface area contributed by atoms with Crippen molar-refractivity contribution in [1.82, 2.24) is 19.7 Å². The van der Waals surface area contributed by atoms with Crippen LogP contribution < -0.4 is 0 Å². The lowest BCUT2D eigenvalue weighted by Crippen LogP contribution is -2.65. The van der Waals surface area contributed by atoms with E-state index in [-0.39, 0.29) is 30.4 Å². The largest absolute Gasteiger partial charge is 0.356 e. The molecule has 6 nitrogen and oxygen atoms in total. The maximum atomic E-state index is 14.2. The Hall–Kier alpha value is -3.03. The van der Waals surface area contributed by atoms with Crippen LogP contribution in [0.1, 0.15) is 41.3 Å². The summed E-state index contributed by atoms with van der Waals surface area (Å²) in [6.45, 7) is 2.37. The van der Waals surface area contributed by atoms with Crippen LogP contribution in [-0.4, -0.2) is 63.2 Å². The van der Waals surface area contributed by atoms with E-state index in [4.69, 9.17) is 34.8 Å². The molecular formula is C32H29Cl3N4O2. The number of aromatic nitrogens is 1. The summed E-state index contributed by atoms with van der Waals surface area (Å²) < 4.78 is 0. The van der Waals surface area contributed by atoms with Gasteiger partial charge in [0.05, 0.1) is 6.04 Å². The van der Waals surface area contributed by atoms with Crippen molar-refractivity contribution in [3.63, 3.8) is 0 Å². The van der Waals surface area contributed by atoms with E-state index in [2.05, 4.69) is 16.0 Å². The maximum absolute atomic E-state index is 14.2. The zero-order valence-corrected chi connectivity index (χ0v) is 24.6. The van der Waals surface area contributed by atoms with E-state index in [1.807, 2.05) is 70.5 Å². The van der Waals surface area contributed by atoms with Crippen molar-refractivity contribution >= 4 is 57.5 Å². The Morgan fingerprint density at radius 2 is 1.56 bits per heavy atom. The zero-order chi connectivity index (χ0) is 28.2. The summed E-state index contributed by atoms with van der Waals surface area (Å²) in [6, 6.07) is 20.4. The third-order valence-electron chi connectivity index (χ3n) is 8.92. The SMILES string of the molecule is O=C1[C@@H]2Cc3c([nH]c4ccccc34)[C@@H](c3ccc(Cl)cc3)N2C(=O)CN1C1CCN(Cc2c(Cl)cccc2Cl)CC1. The van der Waals surface area contributed by atoms with Gasteiger partial charge in [0.1, 0.15) is 12.6 Å². The van der Waals surface area contributed by atoms with Crippen LogP contribution in [0.3, 0.4) is 0 Å². The Morgan fingerprint density at radius 3 is 2.29 bits per heavy atom. The van der Waals surface area contributed by atoms with E-state index >= 15 is 0 Å². The van der Waals surface area contributed by atoms with Crippen LogP contribution in [0.25, 0.3) is 10.9 Å². The molecule has 3 aliphatic heterocycles. The van der Waals surface area contributed by atoms with Gasteiger partial charge in [-0.15, -0.1) is 0 Å². The first-order valence-corrected chi connectivity index (χ1v) is 15.1. The van der Waals surface area contributed by atoms with E-state index in [1.54, 1.807) is 0 Å². The minimum absolute atomic E-state index is 0.0184. The van der Waals surface area contributed by atoms with Gasteiger partial charge in [-0.05, 0) is 54.3 Å². The number of rotatable bonds is 4. The summed E-state index contributed by atoms with van der Waals surface area (Å²) >= 11 is 19.0. The molecule has 2 amide bonds. The lowest BCUT2D eigenvalue weighted by molar-refractivity contribution is -0.161. The molecule has 4 aromatic rings. The summed E-state index contributed by atoms with van der Waals surface area (Å²) in [7, 11) is 0. The number of likely N-dealkylation sites (tertiary alicyclic amines) is 1. The molecule has 7 rings (SSSR count). The third kappa shape index (κ3) is 4.71. The van der Waals surface area contributed by atoms with Gasteiger partial charge in [0, 0.05) is 69.3 Å². The number of fused-ring (bicyclic) bond motifs is 4. The molecule has 0 unspecified atom stereocenters. The highest BCUT2D eigenvalue weighted by Crippen LogP contribution is 2.43. The predicted octanol–water partition coefficient (Wildman–Crippen LogP) is 6.48. The van der Waals surface area contributed by atoms with Crippen molar-refractivity contribution in [2.75, 3.05) is 19.6 Å². The molecule has 0 radical (unpaired) electrons. The number of hydrogen-bond donors (Lipinski definition) is 1. The first-order chi connectivity index (χ1) is 19.9. The van der Waals surface area contributed by atoms with Crippen molar-refractivity contribution in [1.29, 1.82) is 0 Å². The highest BCUT2D eigenvalue weighted by molar-refractivity contribution is 6.36. The molecule has 41 heavy (non-hydrogen) atoms. The van der Waals surface area contributed by atoms with Crippen LogP contribution in [0, 0.1) is 0 Å². The van der Waals surface area contributed by atoms with Gasteiger partial charge < -0.3 is 14.8 Å². The predicted molar refractivity (Wildman–Crippen MR) is 162 cm³/mol. The van der Waals surface area contributed by atoms with Gasteiger partial charge in [-0.3, -0.25) is 14.5 Å². The van der Waals surface area contributed by atoms with Crippen molar-refractivity contribution in [3.05, 3.63) is 104 Å². The highest BCUT2D eigenvalue weighted by Gasteiger charge is 2.49. The molecule has 0 spiro atoms. The molecule has 2 fully saturated rings. The number of aromatic amines is 1. The summed E-state index contributed by atoms with van der Waals surface area (Å²) in [4.78, 5) is 37.7. The Morgan fingerprint density at radius 1 is 0.854 bits per heavy atom. The van der Waals surface area contributed by atoms with Gasteiger partial charge in [0.2, 0.25) is 11.8 Å². The number of nitrogens with one attached hydrogen (secondary N) is 1. The second kappa shape index (κ2) is 10.7. The minimum atomic E-state index is -0.552. The lowest BCUT2D eigenvalue weighted by Gasteiger charge is -2.49. The number of nitrogens with zero attached hydrogens (tertiary/aromatic N) is 3. The van der Waals surface area contributed by atoms with Gasteiger partial charge in [0.15, 0.2) is 0 Å². The Kier molecular flexibility index (Phi) is 6.98. The number of halogens is 3. The number of benzene rings is 3. The van der Waals surface area contributed by atoms with Crippen LogP contribution in [0.5, 0.6) is 0 Å². The highest BCUT2D eigenvalue weighted by atomic mass is 35.5. The van der Waals surface area contributed by atoms with Gasteiger partial charge in [-0.2, -0.15) is 0 Å². The quantitative estimate of drug-likeness (QED) is 0.289. The second-order valence-corrected chi connectivity index (χ2v) is 12.5. The van der Waals surface area contributed by atoms with Gasteiger partial charge >= 0.3 is 0 Å². The molecule has 3 aliphatic rings. The van der Waals surface area contributed by atoms with E-state index in [0.717, 1.165) is 59.2 Å². The molecule has 2 atom stereocenters. The van der Waals surface area contributed by atoms with Crippen molar-refractivity contribution < 1.29 is 9.59 Å². The molecule has 2 saturated heterocycles. The molecular weight excluding hydrogens is 579 g/mol. The fourth-order valence-electron chi connectivity index (χ4n) is 6.88. The number of H-pyrrole nitrogens is 1. The molecule has 1 aromatic heterocycles. The number of carbonyl (C=O) groups excluding carboxylic acids is 2. The number of piperazine rings is 1. The van der Waals surface area contributed by atoms with Crippen molar-refractivity contribution in [3.8, 4) is 0 Å². The molecule has 9 heteroatoms. The van der Waals surface area contributed by atoms with Gasteiger partial charge in [0.25, 0.3) is 0 Å². The first kappa shape index (κ1) is 26.8. The van der Waals surface area contributed by atoms with Crippen LogP contribution in [0.2, 0.25) is 15.1 Å². The van der Waals surface area contributed by atoms with E-state index in [1.165, 1.54) is 0 Å². The molecule has 0 bridgehead atoms. The second-order valence-electron chi connectivity index (χ2n) is 11.2. The fraction of sp³-hybridized carbons (Fsp3) is 0.312. The van der Waals surface area contributed by atoms with Crippen molar-refractivity contribution in [2.45, 2.75) is 43.9 Å². The first-order valence-electron chi connectivity index (χ1n) is 14.0. The normalized spacial score (nSPS) is 21.8. The smallest absolute Gasteiger partial charge is 0.246 e. The van der Waals surface area contributed by atoms with E-state index < -0.39 is 6.04 Å². The molecule has 3 aromatic carbocycles. The van der Waals surface area contributed by atoms with Crippen LogP contribution in [-0.2, 0) is 22.6 Å². The maximum Gasteiger partial charge on any atom is 0.246 e. The topological polar surface area (TPSA) is 59.7 Å². The summed E-state index contributed by atoms with van der Waals surface area (Å²) in [6.07, 6.45) is 2.09. The summed E-state index contributed by atoms with van der Waals surface area (Å²) in [5, 5.41) is 3.07. The molecule has 210 valence electrons. The number of piperidine rings is 1. The molecule has 1 N–H and O–H groups in total. The monoisotopic (exact) mass is 606 g/mol. The number of hydrogen-bond acceptors (Lipinski definition) is 3. The average molecular weight is 608 g/mol. The zero-order valence-electron chi connectivity index (χ0n) is 22.3. The Balaban J connectivity index is 1.16.